The largest absolute Gasteiger partial charge is 0.389 e. The minimum absolute atomic E-state index is 0.0260. The van der Waals surface area contributed by atoms with Gasteiger partial charge in [0.25, 0.3) is 0 Å². The van der Waals surface area contributed by atoms with Gasteiger partial charge in [-0.15, -0.1) is 0 Å². The van der Waals surface area contributed by atoms with E-state index in [0.717, 1.165) is 35.1 Å². The van der Waals surface area contributed by atoms with E-state index in [0.29, 0.717) is 4.99 Å². The van der Waals surface area contributed by atoms with Gasteiger partial charge in [0.15, 0.2) is 0 Å². The number of rotatable bonds is 3. The van der Waals surface area contributed by atoms with Crippen LogP contribution in [0.1, 0.15) is 18.4 Å². The first-order valence-corrected chi connectivity index (χ1v) is 6.91. The van der Waals surface area contributed by atoms with Crippen LogP contribution in [0.5, 0.6) is 0 Å². The molecule has 1 fully saturated rings. The van der Waals surface area contributed by atoms with E-state index in [1.165, 1.54) is 0 Å². The smallest absolute Gasteiger partial charge is 0.242 e. The van der Waals surface area contributed by atoms with Crippen molar-refractivity contribution in [1.82, 2.24) is 5.32 Å². The number of amides is 1. The maximum absolute atomic E-state index is 11.7. The monoisotopic (exact) mass is 327 g/mol. The molecule has 0 saturated carbocycles. The fourth-order valence-electron chi connectivity index (χ4n) is 1.94. The third-order valence-corrected chi connectivity index (χ3v) is 3.58. The highest BCUT2D eigenvalue weighted by atomic mass is 79.9. The van der Waals surface area contributed by atoms with Crippen LogP contribution in [-0.2, 0) is 4.79 Å². The summed E-state index contributed by atoms with van der Waals surface area (Å²) in [6.45, 7) is 0.750. The molecular formula is C12H14BrN3OS. The number of anilines is 1. The number of nitrogens with one attached hydrogen (secondary N) is 2. The third-order valence-electron chi connectivity index (χ3n) is 2.86. The van der Waals surface area contributed by atoms with Crippen LogP contribution in [0.2, 0.25) is 0 Å². The summed E-state index contributed by atoms with van der Waals surface area (Å²) in [5.74, 6) is 0.0260. The van der Waals surface area contributed by atoms with Crippen molar-refractivity contribution in [2.75, 3.05) is 11.9 Å². The number of carbonyl (C=O) groups is 1. The van der Waals surface area contributed by atoms with Crippen molar-refractivity contribution < 1.29 is 4.79 Å². The molecule has 0 radical (unpaired) electrons. The van der Waals surface area contributed by atoms with Gasteiger partial charge >= 0.3 is 0 Å². The number of nitrogens with two attached hydrogens (primary N) is 1. The second kappa shape index (κ2) is 5.67. The third kappa shape index (κ3) is 3.00. The summed E-state index contributed by atoms with van der Waals surface area (Å²) in [4.78, 5) is 12.0. The van der Waals surface area contributed by atoms with Gasteiger partial charge in [-0.3, -0.25) is 4.79 Å². The zero-order valence-corrected chi connectivity index (χ0v) is 12.1. The number of halogens is 1. The first-order valence-electron chi connectivity index (χ1n) is 5.71. The van der Waals surface area contributed by atoms with Crippen LogP contribution in [0.4, 0.5) is 5.69 Å². The summed E-state index contributed by atoms with van der Waals surface area (Å²) in [5.41, 5.74) is 7.24. The average Bonchev–Trinajstić information content (AvgIpc) is 2.34. The molecule has 1 amide bonds. The van der Waals surface area contributed by atoms with E-state index in [9.17, 15) is 4.79 Å². The van der Waals surface area contributed by atoms with Crippen LogP contribution in [-0.4, -0.2) is 23.5 Å². The molecule has 4 N–H and O–H groups in total. The lowest BCUT2D eigenvalue weighted by atomic mass is 10.1. The molecule has 1 atom stereocenters. The summed E-state index contributed by atoms with van der Waals surface area (Å²) in [6, 6.07) is 5.41. The normalized spacial score (nSPS) is 19.2. The van der Waals surface area contributed by atoms with Gasteiger partial charge in [-0.05, 0) is 31.0 Å². The van der Waals surface area contributed by atoms with Crippen LogP contribution in [0.3, 0.4) is 0 Å². The average molecular weight is 328 g/mol. The van der Waals surface area contributed by atoms with Crippen molar-refractivity contribution >= 4 is 44.7 Å². The van der Waals surface area contributed by atoms with Crippen molar-refractivity contribution in [3.8, 4) is 0 Å². The fourth-order valence-corrected chi connectivity index (χ4v) is 2.47. The minimum atomic E-state index is -0.215. The van der Waals surface area contributed by atoms with E-state index in [2.05, 4.69) is 26.6 Å². The Balaban J connectivity index is 2.22. The van der Waals surface area contributed by atoms with E-state index in [1.807, 2.05) is 18.2 Å². The SMILES string of the molecule is NC(=S)c1cc(Br)ccc1NC1CCCNC1=O. The zero-order valence-electron chi connectivity index (χ0n) is 9.70. The van der Waals surface area contributed by atoms with Crippen LogP contribution < -0.4 is 16.4 Å². The first-order chi connectivity index (χ1) is 8.58. The molecule has 0 aliphatic carbocycles. The Morgan fingerprint density at radius 1 is 1.56 bits per heavy atom. The van der Waals surface area contributed by atoms with Crippen molar-refractivity contribution in [1.29, 1.82) is 0 Å². The molecule has 18 heavy (non-hydrogen) atoms. The number of hydrogen-bond acceptors (Lipinski definition) is 3. The summed E-state index contributed by atoms with van der Waals surface area (Å²) in [7, 11) is 0. The molecule has 1 heterocycles. The number of benzene rings is 1. The number of carbonyl (C=O) groups excluding carboxylic acids is 1. The molecule has 0 bridgehead atoms. The Bertz CT molecular complexity index is 492. The van der Waals surface area contributed by atoms with Crippen LogP contribution in [0.25, 0.3) is 0 Å². The van der Waals surface area contributed by atoms with Crippen molar-refractivity contribution in [2.24, 2.45) is 5.73 Å². The second-order valence-electron chi connectivity index (χ2n) is 4.18. The Morgan fingerprint density at radius 2 is 2.33 bits per heavy atom. The van der Waals surface area contributed by atoms with Gasteiger partial charge < -0.3 is 16.4 Å². The number of thiocarbonyl (C=S) groups is 1. The van der Waals surface area contributed by atoms with Gasteiger partial charge in [0.2, 0.25) is 5.91 Å². The Morgan fingerprint density at radius 3 is 3.00 bits per heavy atom. The first kappa shape index (κ1) is 13.3. The predicted molar refractivity (Wildman–Crippen MR) is 79.7 cm³/mol. The topological polar surface area (TPSA) is 67.2 Å². The molecule has 1 aromatic carbocycles. The highest BCUT2D eigenvalue weighted by Crippen LogP contribution is 2.23. The Labute approximate surface area is 119 Å². The fraction of sp³-hybridized carbons (Fsp3) is 0.333. The molecule has 1 saturated heterocycles. The zero-order chi connectivity index (χ0) is 13.1. The van der Waals surface area contributed by atoms with E-state index >= 15 is 0 Å². The van der Waals surface area contributed by atoms with Gasteiger partial charge in [0.1, 0.15) is 11.0 Å². The standard InChI is InChI=1S/C12H14BrN3OS/c13-7-3-4-9(8(6-7)11(14)18)16-10-2-1-5-15-12(10)17/h3-4,6,10,16H,1-2,5H2,(H2,14,18)(H,15,17). The van der Waals surface area contributed by atoms with E-state index in [-0.39, 0.29) is 11.9 Å². The highest BCUT2D eigenvalue weighted by Gasteiger charge is 2.22. The van der Waals surface area contributed by atoms with Crippen LogP contribution in [0, 0.1) is 0 Å². The molecule has 6 heteroatoms. The Kier molecular flexibility index (Phi) is 4.19. The summed E-state index contributed by atoms with van der Waals surface area (Å²) < 4.78 is 0.906. The maximum Gasteiger partial charge on any atom is 0.242 e. The van der Waals surface area contributed by atoms with Crippen molar-refractivity contribution in [3.05, 3.63) is 28.2 Å². The van der Waals surface area contributed by atoms with Crippen LogP contribution in [0.15, 0.2) is 22.7 Å². The molecule has 1 unspecified atom stereocenters. The van der Waals surface area contributed by atoms with E-state index in [4.69, 9.17) is 18.0 Å². The molecule has 4 nitrogen and oxygen atoms in total. The molecule has 0 spiro atoms. The lowest BCUT2D eigenvalue weighted by molar-refractivity contribution is -0.123. The van der Waals surface area contributed by atoms with Gasteiger partial charge in [0, 0.05) is 22.3 Å². The van der Waals surface area contributed by atoms with Crippen molar-refractivity contribution in [3.63, 3.8) is 0 Å². The van der Waals surface area contributed by atoms with Gasteiger partial charge in [-0.25, -0.2) is 0 Å². The predicted octanol–water partition coefficient (Wildman–Crippen LogP) is 1.77. The number of hydrogen-bond donors (Lipinski definition) is 3. The Hall–Kier alpha value is -1.14. The van der Waals surface area contributed by atoms with Gasteiger partial charge in [-0.1, -0.05) is 28.1 Å². The lowest BCUT2D eigenvalue weighted by Crippen LogP contribution is -2.44. The molecule has 1 aliphatic rings. The van der Waals surface area contributed by atoms with E-state index < -0.39 is 0 Å². The molecule has 1 aromatic rings. The van der Waals surface area contributed by atoms with Crippen LogP contribution >= 0.6 is 28.1 Å². The van der Waals surface area contributed by atoms with Gasteiger partial charge in [-0.2, -0.15) is 0 Å². The van der Waals surface area contributed by atoms with Gasteiger partial charge in [0.05, 0.1) is 0 Å². The maximum atomic E-state index is 11.7. The summed E-state index contributed by atoms with van der Waals surface area (Å²) in [6.07, 6.45) is 1.79. The minimum Gasteiger partial charge on any atom is -0.389 e. The van der Waals surface area contributed by atoms with E-state index in [1.54, 1.807) is 0 Å². The molecule has 0 aromatic heterocycles. The summed E-state index contributed by atoms with van der Waals surface area (Å²) >= 11 is 8.40. The molecule has 96 valence electrons. The quantitative estimate of drug-likeness (QED) is 0.740. The molecule has 2 rings (SSSR count). The molecule has 1 aliphatic heterocycles. The second-order valence-corrected chi connectivity index (χ2v) is 5.54. The lowest BCUT2D eigenvalue weighted by Gasteiger charge is -2.24. The molecular weight excluding hydrogens is 314 g/mol. The highest BCUT2D eigenvalue weighted by molar-refractivity contribution is 9.10. The number of piperidine rings is 1. The van der Waals surface area contributed by atoms with Crippen molar-refractivity contribution in [2.45, 2.75) is 18.9 Å². The summed E-state index contributed by atoms with van der Waals surface area (Å²) in [5, 5.41) is 6.05.